The number of halogens is 1. The summed E-state index contributed by atoms with van der Waals surface area (Å²) in [6, 6.07) is 4.87. The largest absolute Gasteiger partial charge is 0.381 e. The maximum absolute atomic E-state index is 5.61. The predicted molar refractivity (Wildman–Crippen MR) is 143 cm³/mol. The Labute approximate surface area is 208 Å². The first-order valence-corrected chi connectivity index (χ1v) is 13.0. The Balaban J connectivity index is 0.00000320. The molecule has 0 saturated carbocycles. The third-order valence-corrected chi connectivity index (χ3v) is 8.68. The number of piperidine rings is 1. The first kappa shape index (κ1) is 26.2. The van der Waals surface area contributed by atoms with Crippen molar-refractivity contribution >= 4 is 53.0 Å². The lowest BCUT2D eigenvalue weighted by Gasteiger charge is -2.38. The van der Waals surface area contributed by atoms with Crippen molar-refractivity contribution in [2.45, 2.75) is 50.3 Å². The average molecular weight is 567 g/mol. The molecule has 2 aliphatic rings. The fourth-order valence-corrected chi connectivity index (χ4v) is 6.41. The van der Waals surface area contributed by atoms with E-state index in [-0.39, 0.29) is 28.7 Å². The van der Waals surface area contributed by atoms with Crippen LogP contribution in [0.4, 0.5) is 0 Å². The second kappa shape index (κ2) is 13.5. The molecule has 1 aromatic rings. The molecule has 8 heteroatoms. The van der Waals surface area contributed by atoms with Gasteiger partial charge in [-0.15, -0.1) is 35.3 Å². The second-order valence-electron chi connectivity index (χ2n) is 8.28. The molecule has 0 spiro atoms. The zero-order valence-electron chi connectivity index (χ0n) is 18.7. The van der Waals surface area contributed by atoms with E-state index in [4.69, 9.17) is 4.74 Å². The Morgan fingerprint density at radius 1 is 1.33 bits per heavy atom. The number of thiophene rings is 1. The lowest BCUT2D eigenvalue weighted by Crippen LogP contribution is -2.50. The monoisotopic (exact) mass is 566 g/mol. The summed E-state index contributed by atoms with van der Waals surface area (Å²) in [4.78, 5) is 8.61. The van der Waals surface area contributed by atoms with Crippen LogP contribution in [0.5, 0.6) is 0 Å². The molecular formula is C22H39IN4OS2. The second-order valence-corrected chi connectivity index (χ2v) is 11.0. The van der Waals surface area contributed by atoms with E-state index in [0.717, 1.165) is 56.8 Å². The number of thioether (sulfide) groups is 1. The van der Waals surface area contributed by atoms with E-state index in [1.165, 1.54) is 30.8 Å². The SMILES string of the molecule is CCSC1(CNC(=NC)NCC(c2cccs2)N2CCC(C)CC2)CCOCC1.I. The van der Waals surface area contributed by atoms with Gasteiger partial charge in [0, 0.05) is 43.0 Å². The topological polar surface area (TPSA) is 48.9 Å². The van der Waals surface area contributed by atoms with Crippen LogP contribution >= 0.6 is 47.1 Å². The van der Waals surface area contributed by atoms with E-state index in [0.29, 0.717) is 6.04 Å². The molecular weight excluding hydrogens is 527 g/mol. The molecule has 3 rings (SSSR count). The molecule has 0 radical (unpaired) electrons. The number of rotatable bonds is 8. The molecule has 2 saturated heterocycles. The summed E-state index contributed by atoms with van der Waals surface area (Å²) in [6.45, 7) is 10.6. The minimum Gasteiger partial charge on any atom is -0.381 e. The number of guanidine groups is 1. The van der Waals surface area contributed by atoms with Crippen molar-refractivity contribution in [3.63, 3.8) is 0 Å². The van der Waals surface area contributed by atoms with Crippen molar-refractivity contribution in [1.82, 2.24) is 15.5 Å². The Kier molecular flexibility index (Phi) is 11.8. The van der Waals surface area contributed by atoms with Gasteiger partial charge in [0.05, 0.1) is 6.04 Å². The summed E-state index contributed by atoms with van der Waals surface area (Å²) in [6.07, 6.45) is 4.82. The highest BCUT2D eigenvalue weighted by molar-refractivity contribution is 14.0. The number of hydrogen-bond acceptors (Lipinski definition) is 5. The smallest absolute Gasteiger partial charge is 0.191 e. The predicted octanol–water partition coefficient (Wildman–Crippen LogP) is 4.61. The molecule has 3 heterocycles. The third-order valence-electron chi connectivity index (χ3n) is 6.25. The van der Waals surface area contributed by atoms with E-state index in [2.05, 4.69) is 63.6 Å². The number of hydrogen-bond donors (Lipinski definition) is 2. The molecule has 2 fully saturated rings. The zero-order chi connectivity index (χ0) is 20.5. The molecule has 0 aromatic carbocycles. The van der Waals surface area contributed by atoms with E-state index >= 15 is 0 Å². The van der Waals surface area contributed by atoms with Crippen LogP contribution in [0.2, 0.25) is 0 Å². The third kappa shape index (κ3) is 7.53. The van der Waals surface area contributed by atoms with Crippen LogP contribution < -0.4 is 10.6 Å². The van der Waals surface area contributed by atoms with Crippen molar-refractivity contribution < 1.29 is 4.74 Å². The highest BCUT2D eigenvalue weighted by atomic mass is 127. The normalized spacial score (nSPS) is 21.6. The first-order valence-electron chi connectivity index (χ1n) is 11.1. The van der Waals surface area contributed by atoms with Gasteiger partial charge in [0.2, 0.25) is 0 Å². The molecule has 2 aliphatic heterocycles. The van der Waals surface area contributed by atoms with Crippen LogP contribution in [0.1, 0.15) is 50.4 Å². The van der Waals surface area contributed by atoms with Crippen molar-refractivity contribution in [2.75, 3.05) is 52.2 Å². The molecule has 1 atom stereocenters. The van der Waals surface area contributed by atoms with E-state index in [9.17, 15) is 0 Å². The lowest BCUT2D eigenvalue weighted by atomic mass is 9.97. The number of likely N-dealkylation sites (tertiary alicyclic amines) is 1. The summed E-state index contributed by atoms with van der Waals surface area (Å²) >= 11 is 3.93. The molecule has 5 nitrogen and oxygen atoms in total. The van der Waals surface area contributed by atoms with E-state index in [1.54, 1.807) is 0 Å². The van der Waals surface area contributed by atoms with Crippen LogP contribution in [-0.4, -0.2) is 67.8 Å². The highest BCUT2D eigenvalue weighted by Crippen LogP contribution is 2.35. The highest BCUT2D eigenvalue weighted by Gasteiger charge is 2.33. The summed E-state index contributed by atoms with van der Waals surface area (Å²) in [5.74, 6) is 2.91. The fraction of sp³-hybridized carbons (Fsp3) is 0.773. The van der Waals surface area contributed by atoms with Crippen LogP contribution in [0.3, 0.4) is 0 Å². The van der Waals surface area contributed by atoms with Crippen molar-refractivity contribution in [3.8, 4) is 0 Å². The molecule has 2 N–H and O–H groups in total. The molecule has 30 heavy (non-hydrogen) atoms. The summed E-state index contributed by atoms with van der Waals surface area (Å²) in [7, 11) is 1.88. The lowest BCUT2D eigenvalue weighted by molar-refractivity contribution is 0.0782. The molecule has 0 aliphatic carbocycles. The Morgan fingerprint density at radius 2 is 2.07 bits per heavy atom. The van der Waals surface area contributed by atoms with Gasteiger partial charge < -0.3 is 15.4 Å². The Bertz CT molecular complexity index is 609. The van der Waals surface area contributed by atoms with Gasteiger partial charge in [-0.05, 0) is 61.9 Å². The first-order chi connectivity index (χ1) is 14.2. The number of nitrogens with zero attached hydrogens (tertiary/aromatic N) is 2. The summed E-state index contributed by atoms with van der Waals surface area (Å²) in [5.41, 5.74) is 0. The molecule has 0 amide bonds. The van der Waals surface area contributed by atoms with Crippen molar-refractivity contribution in [1.29, 1.82) is 0 Å². The maximum atomic E-state index is 5.61. The van der Waals surface area contributed by atoms with Gasteiger partial charge in [0.15, 0.2) is 5.96 Å². The van der Waals surface area contributed by atoms with Crippen molar-refractivity contribution in [3.05, 3.63) is 22.4 Å². The summed E-state index contributed by atoms with van der Waals surface area (Å²) in [5, 5.41) is 9.44. The zero-order valence-corrected chi connectivity index (χ0v) is 22.7. The number of ether oxygens (including phenoxy) is 1. The average Bonchev–Trinajstić information content (AvgIpc) is 3.27. The minimum absolute atomic E-state index is 0. The standard InChI is InChI=1S/C22H38N4OS2.HI/c1-4-29-22(9-13-27-14-10-22)17-25-21(23-3)24-16-19(20-6-5-15-28-20)26-11-7-18(2)8-12-26;/h5-6,15,18-19H,4,7-14,16-17H2,1-3H3,(H2,23,24,25);1H. The summed E-state index contributed by atoms with van der Waals surface area (Å²) < 4.78 is 5.87. The fourth-order valence-electron chi connectivity index (χ4n) is 4.31. The maximum Gasteiger partial charge on any atom is 0.191 e. The Morgan fingerprint density at radius 3 is 2.67 bits per heavy atom. The number of aliphatic imine (C=N–C) groups is 1. The van der Waals surface area contributed by atoms with Gasteiger partial charge in [-0.25, -0.2) is 0 Å². The molecule has 1 unspecified atom stereocenters. The molecule has 0 bridgehead atoms. The van der Waals surface area contributed by atoms with E-state index in [1.807, 2.05) is 18.4 Å². The minimum atomic E-state index is 0. The van der Waals surface area contributed by atoms with Gasteiger partial charge in [0.1, 0.15) is 0 Å². The van der Waals surface area contributed by atoms with Crippen LogP contribution in [0.25, 0.3) is 0 Å². The van der Waals surface area contributed by atoms with Crippen molar-refractivity contribution in [2.24, 2.45) is 10.9 Å². The van der Waals surface area contributed by atoms with Gasteiger partial charge in [-0.2, -0.15) is 11.8 Å². The molecule has 1 aromatic heterocycles. The van der Waals surface area contributed by atoms with Crippen LogP contribution in [0, 0.1) is 5.92 Å². The van der Waals surface area contributed by atoms with Crippen LogP contribution in [0.15, 0.2) is 22.5 Å². The van der Waals surface area contributed by atoms with E-state index < -0.39 is 0 Å². The van der Waals surface area contributed by atoms with Crippen LogP contribution in [-0.2, 0) is 4.74 Å². The van der Waals surface area contributed by atoms with Gasteiger partial charge >= 0.3 is 0 Å². The quantitative estimate of drug-likeness (QED) is 0.274. The number of nitrogens with one attached hydrogen (secondary N) is 2. The Hall–Kier alpha value is -0.0300. The van der Waals surface area contributed by atoms with Gasteiger partial charge in [-0.3, -0.25) is 9.89 Å². The molecule has 172 valence electrons. The van der Waals surface area contributed by atoms with Gasteiger partial charge in [-0.1, -0.05) is 19.9 Å². The van der Waals surface area contributed by atoms with Gasteiger partial charge in [0.25, 0.3) is 0 Å².